The molecule has 0 aromatic heterocycles. The molecule has 1 atom stereocenters. The number of carbonyl (C=O) groups excluding carboxylic acids is 1. The van der Waals surface area contributed by atoms with Gasteiger partial charge in [0.2, 0.25) is 5.24 Å². The topological polar surface area (TPSA) is 17.1 Å². The number of hydrogen-bond donors (Lipinski definition) is 0. The van der Waals surface area contributed by atoms with E-state index in [0.29, 0.717) is 10.6 Å². The Labute approximate surface area is 102 Å². The molecule has 0 saturated heterocycles. The highest BCUT2D eigenvalue weighted by Crippen LogP contribution is 2.36. The number of hydrogen-bond acceptors (Lipinski definition) is 1. The van der Waals surface area contributed by atoms with Crippen molar-refractivity contribution in [1.29, 1.82) is 0 Å². The van der Waals surface area contributed by atoms with Gasteiger partial charge in [-0.2, -0.15) is 0 Å². The normalized spacial score (nSPS) is 12.6. The van der Waals surface area contributed by atoms with Gasteiger partial charge in [-0.1, -0.05) is 47.8 Å². The fourth-order valence-electron chi connectivity index (χ4n) is 0.998. The Kier molecular flexibility index (Phi) is 4.08. The molecule has 0 bridgehead atoms. The Bertz CT molecular complexity index is 375. The van der Waals surface area contributed by atoms with E-state index in [1.54, 1.807) is 19.1 Å². The second-order valence-corrected chi connectivity index (χ2v) is 4.33. The first-order valence-electron chi connectivity index (χ1n) is 3.78. The third-order valence-electron chi connectivity index (χ3n) is 1.87. The van der Waals surface area contributed by atoms with Crippen LogP contribution < -0.4 is 0 Å². The summed E-state index contributed by atoms with van der Waals surface area (Å²) in [4.78, 5) is 10.9. The molecule has 0 heterocycles. The predicted octanol–water partition coefficient (Wildman–Crippen LogP) is 4.52. The van der Waals surface area contributed by atoms with Crippen LogP contribution >= 0.6 is 46.4 Å². The molecule has 0 aliphatic rings. The molecule has 0 aliphatic heterocycles. The average Bonchev–Trinajstić information content (AvgIpc) is 2.13. The van der Waals surface area contributed by atoms with E-state index >= 15 is 0 Å². The molecule has 0 aliphatic carbocycles. The van der Waals surface area contributed by atoms with Crippen molar-refractivity contribution in [3.63, 3.8) is 0 Å². The molecule has 1 unspecified atom stereocenters. The quantitative estimate of drug-likeness (QED) is 0.571. The molecule has 1 nitrogen and oxygen atoms in total. The molecule has 14 heavy (non-hydrogen) atoms. The Morgan fingerprint density at radius 1 is 1.21 bits per heavy atom. The third-order valence-corrected chi connectivity index (χ3v) is 3.51. The lowest BCUT2D eigenvalue weighted by Gasteiger charge is -2.10. The summed E-state index contributed by atoms with van der Waals surface area (Å²) in [7, 11) is 0. The van der Waals surface area contributed by atoms with Crippen molar-refractivity contribution in [1.82, 2.24) is 0 Å². The number of carbonyl (C=O) groups is 1. The highest BCUT2D eigenvalue weighted by molar-refractivity contribution is 6.64. The minimum atomic E-state index is -0.487. The second-order valence-electron chi connectivity index (χ2n) is 2.79. The van der Waals surface area contributed by atoms with Crippen LogP contribution in [0.4, 0.5) is 0 Å². The van der Waals surface area contributed by atoms with Crippen molar-refractivity contribution in [3.05, 3.63) is 32.8 Å². The molecule has 1 rings (SSSR count). The first-order valence-corrected chi connectivity index (χ1v) is 5.29. The molecule has 0 radical (unpaired) electrons. The van der Waals surface area contributed by atoms with Crippen molar-refractivity contribution in [2.24, 2.45) is 0 Å². The van der Waals surface area contributed by atoms with E-state index in [1.807, 2.05) is 0 Å². The summed E-state index contributed by atoms with van der Waals surface area (Å²) in [5.41, 5.74) is 0.584. The van der Waals surface area contributed by atoms with Gasteiger partial charge in [-0.3, -0.25) is 4.79 Å². The number of rotatable bonds is 2. The van der Waals surface area contributed by atoms with Crippen molar-refractivity contribution in [2.45, 2.75) is 12.8 Å². The zero-order valence-corrected chi connectivity index (χ0v) is 10.2. The monoisotopic (exact) mass is 270 g/mol. The molecule has 5 heteroatoms. The van der Waals surface area contributed by atoms with Crippen LogP contribution in [0.2, 0.25) is 15.1 Å². The molecular weight excluding hydrogens is 266 g/mol. The van der Waals surface area contributed by atoms with Crippen molar-refractivity contribution < 1.29 is 4.79 Å². The summed E-state index contributed by atoms with van der Waals surface area (Å²) >= 11 is 22.8. The molecule has 0 fully saturated rings. The van der Waals surface area contributed by atoms with Gasteiger partial charge in [-0.25, -0.2) is 0 Å². The van der Waals surface area contributed by atoms with E-state index in [2.05, 4.69) is 0 Å². The van der Waals surface area contributed by atoms with E-state index in [9.17, 15) is 4.79 Å². The van der Waals surface area contributed by atoms with E-state index in [-0.39, 0.29) is 10.0 Å². The van der Waals surface area contributed by atoms with Gasteiger partial charge >= 0.3 is 0 Å². The highest BCUT2D eigenvalue weighted by atomic mass is 35.5. The van der Waals surface area contributed by atoms with Crippen LogP contribution in [-0.2, 0) is 4.79 Å². The van der Waals surface area contributed by atoms with Gasteiger partial charge in [0.25, 0.3) is 0 Å². The van der Waals surface area contributed by atoms with Gasteiger partial charge in [0.15, 0.2) is 0 Å². The zero-order chi connectivity index (χ0) is 10.9. The largest absolute Gasteiger partial charge is 0.281 e. The highest BCUT2D eigenvalue weighted by Gasteiger charge is 2.18. The van der Waals surface area contributed by atoms with E-state index in [1.165, 1.54) is 0 Å². The molecule has 0 spiro atoms. The third kappa shape index (κ3) is 2.34. The van der Waals surface area contributed by atoms with Gasteiger partial charge in [0, 0.05) is 0 Å². The summed E-state index contributed by atoms with van der Waals surface area (Å²) < 4.78 is 0. The fraction of sp³-hybridized carbons (Fsp3) is 0.222. The summed E-state index contributed by atoms with van der Waals surface area (Å²) in [6.45, 7) is 1.65. The van der Waals surface area contributed by atoms with Gasteiger partial charge in [-0.15, -0.1) is 0 Å². The molecule has 1 aromatic carbocycles. The maximum Gasteiger partial charge on any atom is 0.228 e. The van der Waals surface area contributed by atoms with Gasteiger partial charge in [-0.05, 0) is 23.2 Å². The van der Waals surface area contributed by atoms with Crippen LogP contribution in [0.1, 0.15) is 18.4 Å². The van der Waals surface area contributed by atoms with Gasteiger partial charge in [0.05, 0.1) is 21.0 Å². The van der Waals surface area contributed by atoms with Crippen molar-refractivity contribution in [3.8, 4) is 0 Å². The van der Waals surface area contributed by atoms with Crippen molar-refractivity contribution >= 4 is 51.6 Å². The first-order chi connectivity index (χ1) is 6.45. The summed E-state index contributed by atoms with van der Waals surface area (Å²) in [6.07, 6.45) is 0. The Morgan fingerprint density at radius 2 is 1.79 bits per heavy atom. The summed E-state index contributed by atoms with van der Waals surface area (Å²) in [5, 5.41) is 0.399. The van der Waals surface area contributed by atoms with Crippen LogP contribution in [-0.4, -0.2) is 5.24 Å². The molecule has 1 aromatic rings. The van der Waals surface area contributed by atoms with E-state index < -0.39 is 11.2 Å². The predicted molar refractivity (Wildman–Crippen MR) is 60.7 cm³/mol. The molecule has 0 N–H and O–H groups in total. The Morgan fingerprint density at radius 3 is 2.29 bits per heavy atom. The number of benzene rings is 1. The lowest BCUT2D eigenvalue weighted by molar-refractivity contribution is -0.112. The van der Waals surface area contributed by atoms with Crippen LogP contribution in [0, 0.1) is 0 Å². The molecule has 0 saturated carbocycles. The molecule has 0 amide bonds. The summed E-state index contributed by atoms with van der Waals surface area (Å²) in [6, 6.07) is 3.23. The Hall–Kier alpha value is 0.0500. The van der Waals surface area contributed by atoms with Crippen molar-refractivity contribution in [2.75, 3.05) is 0 Å². The zero-order valence-electron chi connectivity index (χ0n) is 7.15. The van der Waals surface area contributed by atoms with Gasteiger partial charge in [0.1, 0.15) is 0 Å². The molecule has 76 valence electrons. The lowest BCUT2D eigenvalue weighted by atomic mass is 10.0. The van der Waals surface area contributed by atoms with Crippen LogP contribution in [0.15, 0.2) is 12.1 Å². The molecular formula is C9H6Cl4O. The average molecular weight is 272 g/mol. The fourth-order valence-corrected chi connectivity index (χ4v) is 1.82. The van der Waals surface area contributed by atoms with E-state index in [4.69, 9.17) is 46.4 Å². The maximum absolute atomic E-state index is 10.9. The van der Waals surface area contributed by atoms with Crippen LogP contribution in [0.5, 0.6) is 0 Å². The van der Waals surface area contributed by atoms with Crippen LogP contribution in [0.25, 0.3) is 0 Å². The summed E-state index contributed by atoms with van der Waals surface area (Å²) in [5.74, 6) is -0.487. The smallest absolute Gasteiger partial charge is 0.228 e. The SMILES string of the molecule is CC(C(=O)Cl)c1ccc(Cl)c(Cl)c1Cl. The Balaban J connectivity index is 3.24. The minimum Gasteiger partial charge on any atom is -0.281 e. The maximum atomic E-state index is 10.9. The standard InChI is InChI=1S/C9H6Cl4O/c1-4(9(13)14)5-2-3-6(10)8(12)7(5)11/h2-4H,1H3. The number of halogens is 4. The minimum absolute atomic E-state index is 0.246. The van der Waals surface area contributed by atoms with Gasteiger partial charge < -0.3 is 0 Å². The van der Waals surface area contributed by atoms with E-state index in [0.717, 1.165) is 0 Å². The van der Waals surface area contributed by atoms with Crippen LogP contribution in [0.3, 0.4) is 0 Å². The lowest BCUT2D eigenvalue weighted by Crippen LogP contribution is -2.02. The second kappa shape index (κ2) is 4.71. The first kappa shape index (κ1) is 12.1.